The standard InChI is InChI=1S/C16H19N3O2S/c1-11-15(22-10-18-11)16(20)19-8-7-17-9-13(19)12-5-3-4-6-14(12)21-2/h3-6,10,13,17H,7-9H2,1-2H3. The van der Waals surface area contributed by atoms with Gasteiger partial charge in [-0.15, -0.1) is 11.3 Å². The van der Waals surface area contributed by atoms with E-state index in [-0.39, 0.29) is 11.9 Å². The summed E-state index contributed by atoms with van der Waals surface area (Å²) in [4.78, 5) is 19.7. The lowest BCUT2D eigenvalue weighted by atomic mass is 10.0. The van der Waals surface area contributed by atoms with Gasteiger partial charge in [-0.05, 0) is 13.0 Å². The number of piperazine rings is 1. The van der Waals surface area contributed by atoms with Crippen molar-refractivity contribution in [2.45, 2.75) is 13.0 Å². The van der Waals surface area contributed by atoms with E-state index in [0.29, 0.717) is 6.54 Å². The van der Waals surface area contributed by atoms with Gasteiger partial charge in [-0.1, -0.05) is 18.2 Å². The highest BCUT2D eigenvalue weighted by Gasteiger charge is 2.31. The van der Waals surface area contributed by atoms with E-state index in [4.69, 9.17) is 4.74 Å². The minimum absolute atomic E-state index is 0.0288. The zero-order valence-electron chi connectivity index (χ0n) is 12.7. The molecule has 2 aromatic rings. The number of benzene rings is 1. The largest absolute Gasteiger partial charge is 0.496 e. The van der Waals surface area contributed by atoms with Crippen LogP contribution in [0.3, 0.4) is 0 Å². The van der Waals surface area contributed by atoms with Crippen LogP contribution in [-0.4, -0.2) is 42.5 Å². The highest BCUT2D eigenvalue weighted by atomic mass is 32.1. The van der Waals surface area contributed by atoms with Crippen LogP contribution < -0.4 is 10.1 Å². The molecule has 1 aliphatic heterocycles. The molecule has 0 spiro atoms. The van der Waals surface area contributed by atoms with Gasteiger partial charge in [0.2, 0.25) is 0 Å². The molecule has 0 radical (unpaired) electrons. The molecule has 1 fully saturated rings. The van der Waals surface area contributed by atoms with Crippen LogP contribution in [0.5, 0.6) is 5.75 Å². The minimum atomic E-state index is -0.0288. The van der Waals surface area contributed by atoms with Gasteiger partial charge in [-0.2, -0.15) is 0 Å². The van der Waals surface area contributed by atoms with E-state index in [9.17, 15) is 4.79 Å². The van der Waals surface area contributed by atoms with Crippen LogP contribution in [0.15, 0.2) is 29.8 Å². The van der Waals surface area contributed by atoms with E-state index in [2.05, 4.69) is 10.3 Å². The molecule has 1 amide bonds. The van der Waals surface area contributed by atoms with Gasteiger partial charge in [0.15, 0.2) is 0 Å². The second-order valence-electron chi connectivity index (χ2n) is 5.23. The highest BCUT2D eigenvalue weighted by Crippen LogP contribution is 2.31. The molecule has 22 heavy (non-hydrogen) atoms. The quantitative estimate of drug-likeness (QED) is 0.943. The van der Waals surface area contributed by atoms with Crippen LogP contribution in [0.1, 0.15) is 27.0 Å². The molecular weight excluding hydrogens is 298 g/mol. The third kappa shape index (κ3) is 2.71. The van der Waals surface area contributed by atoms with Crippen molar-refractivity contribution >= 4 is 17.2 Å². The molecule has 1 N–H and O–H groups in total. The average Bonchev–Trinajstić information content (AvgIpc) is 3.00. The first-order valence-corrected chi connectivity index (χ1v) is 8.15. The van der Waals surface area contributed by atoms with Crippen molar-refractivity contribution in [2.75, 3.05) is 26.7 Å². The van der Waals surface area contributed by atoms with E-state index < -0.39 is 0 Å². The zero-order valence-corrected chi connectivity index (χ0v) is 13.5. The van der Waals surface area contributed by atoms with Crippen molar-refractivity contribution in [1.29, 1.82) is 0 Å². The molecule has 1 atom stereocenters. The molecule has 1 aromatic carbocycles. The highest BCUT2D eigenvalue weighted by molar-refractivity contribution is 7.11. The topological polar surface area (TPSA) is 54.5 Å². The third-order valence-electron chi connectivity index (χ3n) is 3.94. The van der Waals surface area contributed by atoms with E-state index in [0.717, 1.165) is 35.0 Å². The van der Waals surface area contributed by atoms with Gasteiger partial charge in [0, 0.05) is 25.2 Å². The van der Waals surface area contributed by atoms with Crippen molar-refractivity contribution in [1.82, 2.24) is 15.2 Å². The van der Waals surface area contributed by atoms with Gasteiger partial charge < -0.3 is 15.0 Å². The van der Waals surface area contributed by atoms with E-state index in [1.54, 1.807) is 12.6 Å². The number of aryl methyl sites for hydroxylation is 1. The summed E-state index contributed by atoms with van der Waals surface area (Å²) in [6, 6.07) is 7.85. The lowest BCUT2D eigenvalue weighted by molar-refractivity contribution is 0.0635. The Hall–Kier alpha value is -1.92. The Balaban J connectivity index is 1.95. The number of carbonyl (C=O) groups is 1. The van der Waals surface area contributed by atoms with Crippen LogP contribution in [0, 0.1) is 6.92 Å². The van der Waals surface area contributed by atoms with Crippen LogP contribution in [-0.2, 0) is 0 Å². The van der Waals surface area contributed by atoms with Gasteiger partial charge in [0.25, 0.3) is 5.91 Å². The number of carbonyl (C=O) groups excluding carboxylic acids is 1. The number of ether oxygens (including phenoxy) is 1. The van der Waals surface area contributed by atoms with Crippen LogP contribution in [0.4, 0.5) is 0 Å². The van der Waals surface area contributed by atoms with E-state index >= 15 is 0 Å². The maximum Gasteiger partial charge on any atom is 0.266 e. The second-order valence-corrected chi connectivity index (χ2v) is 6.08. The zero-order chi connectivity index (χ0) is 15.5. The van der Waals surface area contributed by atoms with Crippen molar-refractivity contribution in [3.05, 3.63) is 45.9 Å². The number of thiazole rings is 1. The lowest BCUT2D eigenvalue weighted by Gasteiger charge is -2.37. The van der Waals surface area contributed by atoms with E-state index in [1.807, 2.05) is 36.1 Å². The third-order valence-corrected chi connectivity index (χ3v) is 4.86. The number of hydrogen-bond acceptors (Lipinski definition) is 5. The molecule has 3 rings (SSSR count). The maximum atomic E-state index is 12.9. The summed E-state index contributed by atoms with van der Waals surface area (Å²) < 4.78 is 5.47. The summed E-state index contributed by atoms with van der Waals surface area (Å²) in [6.07, 6.45) is 0. The Morgan fingerprint density at radius 2 is 2.27 bits per heavy atom. The molecule has 2 heterocycles. The molecular formula is C16H19N3O2S. The minimum Gasteiger partial charge on any atom is -0.496 e. The van der Waals surface area contributed by atoms with Gasteiger partial charge >= 0.3 is 0 Å². The Morgan fingerprint density at radius 1 is 1.45 bits per heavy atom. The second kappa shape index (κ2) is 6.46. The van der Waals surface area contributed by atoms with Crippen molar-refractivity contribution < 1.29 is 9.53 Å². The number of rotatable bonds is 3. The summed E-state index contributed by atoms with van der Waals surface area (Å²) >= 11 is 1.40. The predicted octanol–water partition coefficient (Wildman–Crippen LogP) is 2.25. The van der Waals surface area contributed by atoms with Gasteiger partial charge in [-0.3, -0.25) is 4.79 Å². The van der Waals surface area contributed by atoms with Crippen LogP contribution >= 0.6 is 11.3 Å². The number of methoxy groups -OCH3 is 1. The van der Waals surface area contributed by atoms with Crippen molar-refractivity contribution in [3.63, 3.8) is 0 Å². The molecule has 1 aromatic heterocycles. The maximum absolute atomic E-state index is 12.9. The number of amides is 1. The molecule has 0 aliphatic carbocycles. The fraction of sp³-hybridized carbons (Fsp3) is 0.375. The number of aromatic nitrogens is 1. The van der Waals surface area contributed by atoms with Crippen molar-refractivity contribution in [2.24, 2.45) is 0 Å². The number of para-hydroxylation sites is 1. The van der Waals surface area contributed by atoms with Gasteiger partial charge in [0.1, 0.15) is 10.6 Å². The Labute approximate surface area is 133 Å². The lowest BCUT2D eigenvalue weighted by Crippen LogP contribution is -2.48. The van der Waals surface area contributed by atoms with Crippen LogP contribution in [0.25, 0.3) is 0 Å². The first-order valence-electron chi connectivity index (χ1n) is 7.27. The Morgan fingerprint density at radius 3 is 3.00 bits per heavy atom. The summed E-state index contributed by atoms with van der Waals surface area (Å²) in [7, 11) is 1.66. The van der Waals surface area contributed by atoms with Crippen LogP contribution in [0.2, 0.25) is 0 Å². The molecule has 0 saturated carbocycles. The normalized spacial score (nSPS) is 18.3. The molecule has 1 aliphatic rings. The predicted molar refractivity (Wildman–Crippen MR) is 86.5 cm³/mol. The Kier molecular flexibility index (Phi) is 4.40. The molecule has 6 heteroatoms. The van der Waals surface area contributed by atoms with E-state index in [1.165, 1.54) is 11.3 Å². The fourth-order valence-electron chi connectivity index (χ4n) is 2.80. The number of nitrogens with zero attached hydrogens (tertiary/aromatic N) is 2. The summed E-state index contributed by atoms with van der Waals surface area (Å²) in [5, 5.41) is 3.37. The smallest absolute Gasteiger partial charge is 0.266 e. The summed E-state index contributed by atoms with van der Waals surface area (Å²) in [6.45, 7) is 4.09. The van der Waals surface area contributed by atoms with Gasteiger partial charge in [0.05, 0.1) is 24.4 Å². The first kappa shape index (κ1) is 15.0. The Bertz CT molecular complexity index is 671. The first-order chi connectivity index (χ1) is 10.7. The molecule has 1 saturated heterocycles. The molecule has 116 valence electrons. The monoisotopic (exact) mass is 317 g/mol. The molecule has 0 bridgehead atoms. The SMILES string of the molecule is COc1ccccc1C1CNCCN1C(=O)c1scnc1C. The number of hydrogen-bond donors (Lipinski definition) is 1. The number of nitrogens with one attached hydrogen (secondary N) is 1. The van der Waals surface area contributed by atoms with Crippen molar-refractivity contribution in [3.8, 4) is 5.75 Å². The molecule has 5 nitrogen and oxygen atoms in total. The average molecular weight is 317 g/mol. The summed E-state index contributed by atoms with van der Waals surface area (Å²) in [5.74, 6) is 0.868. The summed E-state index contributed by atoms with van der Waals surface area (Å²) in [5.41, 5.74) is 3.56. The van der Waals surface area contributed by atoms with Gasteiger partial charge in [-0.25, -0.2) is 4.98 Å². The fourth-order valence-corrected chi connectivity index (χ4v) is 3.56. The molecule has 1 unspecified atom stereocenters.